The molecule has 1 fully saturated rings. The van der Waals surface area contributed by atoms with Crippen molar-refractivity contribution >= 4 is 40.2 Å². The van der Waals surface area contributed by atoms with E-state index in [9.17, 15) is 0 Å². The summed E-state index contributed by atoms with van der Waals surface area (Å²) in [6, 6.07) is 22.3. The van der Waals surface area contributed by atoms with Crippen molar-refractivity contribution in [2.45, 2.75) is 105 Å². The maximum absolute atomic E-state index is 3.65. The molecule has 8 rings (SSSR count). The van der Waals surface area contributed by atoms with E-state index in [4.69, 9.17) is 0 Å². The van der Waals surface area contributed by atoms with E-state index in [2.05, 4.69) is 120 Å². The second kappa shape index (κ2) is 17.4. The van der Waals surface area contributed by atoms with E-state index in [1.54, 1.807) is 5.57 Å². The average Bonchev–Trinajstić information content (AvgIpc) is 3.76. The van der Waals surface area contributed by atoms with Gasteiger partial charge in [-0.2, -0.15) is 53.6 Å². The fourth-order valence-corrected chi connectivity index (χ4v) is 8.20. The van der Waals surface area contributed by atoms with Gasteiger partial charge in [-0.15, -0.1) is 36.4 Å². The third-order valence-electron chi connectivity index (χ3n) is 10.6. The van der Waals surface area contributed by atoms with Crippen LogP contribution in [0.1, 0.15) is 121 Å². The monoisotopic (exact) mass is 768 g/mol. The molecule has 0 spiro atoms. The molecule has 5 aliphatic rings. The molecule has 1 saturated carbocycles. The molecule has 3 heteroatoms. The van der Waals surface area contributed by atoms with Crippen LogP contribution >= 0.6 is 24.8 Å². The van der Waals surface area contributed by atoms with Crippen molar-refractivity contribution < 1.29 is 24.2 Å². The number of fused-ring (bicyclic) bond motifs is 5. The Morgan fingerprint density at radius 3 is 1.84 bits per heavy atom. The molecule has 5 aliphatic carbocycles. The molecule has 3 aromatic rings. The first-order valence-corrected chi connectivity index (χ1v) is 18.9. The van der Waals surface area contributed by atoms with Crippen molar-refractivity contribution in [3.05, 3.63) is 137 Å². The normalized spacial score (nSPS) is 20.0. The van der Waals surface area contributed by atoms with Crippen molar-refractivity contribution in [2.75, 3.05) is 0 Å². The number of rotatable bonds is 1. The van der Waals surface area contributed by atoms with Gasteiger partial charge in [-0.05, 0) is 58.4 Å². The van der Waals surface area contributed by atoms with Crippen LogP contribution in [0.5, 0.6) is 0 Å². The molecule has 0 radical (unpaired) electrons. The van der Waals surface area contributed by atoms with Crippen molar-refractivity contribution in [2.24, 2.45) is 11.3 Å². The minimum atomic E-state index is 0. The Labute approximate surface area is 326 Å². The van der Waals surface area contributed by atoms with Gasteiger partial charge in [0.1, 0.15) is 0 Å². The van der Waals surface area contributed by atoms with Crippen LogP contribution in [0.4, 0.5) is 0 Å². The van der Waals surface area contributed by atoms with E-state index in [1.165, 1.54) is 112 Å². The number of benzene rings is 3. The van der Waals surface area contributed by atoms with Crippen LogP contribution in [-0.2, 0) is 41.5 Å². The van der Waals surface area contributed by atoms with Gasteiger partial charge < -0.3 is 7.43 Å². The molecule has 0 saturated heterocycles. The topological polar surface area (TPSA) is 0 Å². The number of halogens is 2. The molecule has 1 unspecified atom stereocenters. The second-order valence-corrected chi connectivity index (χ2v) is 15.1. The summed E-state index contributed by atoms with van der Waals surface area (Å²) in [6.07, 6.45) is 22.2. The summed E-state index contributed by atoms with van der Waals surface area (Å²) in [5.41, 5.74) is 16.6. The van der Waals surface area contributed by atoms with E-state index < -0.39 is 0 Å². The molecule has 0 bridgehead atoms. The third-order valence-corrected chi connectivity index (χ3v) is 10.6. The molecular weight excluding hydrogens is 715 g/mol. The Bertz CT molecular complexity index is 1600. The van der Waals surface area contributed by atoms with E-state index in [0.717, 1.165) is 6.42 Å². The van der Waals surface area contributed by atoms with Crippen LogP contribution in [0, 0.1) is 37.0 Å². The van der Waals surface area contributed by atoms with Gasteiger partial charge in [-0.3, -0.25) is 12.2 Å². The molecule has 0 N–H and O–H groups in total. The summed E-state index contributed by atoms with van der Waals surface area (Å²) < 4.78 is 3.34. The minimum Gasteiger partial charge on any atom is -0.358 e. The fourth-order valence-electron chi connectivity index (χ4n) is 8.20. The largest absolute Gasteiger partial charge is 0.358 e. The van der Waals surface area contributed by atoms with Gasteiger partial charge in [-0.1, -0.05) is 116 Å². The van der Waals surface area contributed by atoms with Gasteiger partial charge in [-0.25, -0.2) is 11.6 Å². The molecule has 262 valence electrons. The quantitative estimate of drug-likeness (QED) is 0.169. The van der Waals surface area contributed by atoms with Crippen molar-refractivity contribution in [1.29, 1.82) is 0 Å². The SMILES string of the molecule is CC1=[C-]C(C)(C)c2cc3c(cc21)-c1cc2c(cc1C3)C(C)(C)C=C2C.CC1[C-]=CC(C2(C)CCCCC2)=C1.Cl.Cl.[CH2]=[Zr].[CH3-].[c-]1ccccc1. The molecule has 3 aromatic carbocycles. The molecule has 0 amide bonds. The number of allylic oxidation sites excluding steroid dienone is 8. The van der Waals surface area contributed by atoms with Gasteiger partial charge in [0.25, 0.3) is 0 Å². The maximum Gasteiger partial charge on any atom is -0.171 e. The zero-order valence-corrected chi connectivity index (χ0v) is 35.4. The van der Waals surface area contributed by atoms with Crippen molar-refractivity contribution in [1.82, 2.24) is 0 Å². The molecule has 0 nitrogen and oxygen atoms in total. The Balaban J connectivity index is 0.000000293. The second-order valence-electron chi connectivity index (χ2n) is 15.1. The Morgan fingerprint density at radius 2 is 1.33 bits per heavy atom. The summed E-state index contributed by atoms with van der Waals surface area (Å²) in [5.74, 6) is 0.550. The molecule has 1 atom stereocenters. The predicted octanol–water partition coefficient (Wildman–Crippen LogP) is 13.1. The Kier molecular flexibility index (Phi) is 15.4. The Morgan fingerprint density at radius 1 is 0.755 bits per heavy atom. The van der Waals surface area contributed by atoms with Gasteiger partial charge in [0.15, 0.2) is 0 Å². The molecule has 0 aliphatic heterocycles. The summed E-state index contributed by atoms with van der Waals surface area (Å²) >= 11 is 1.30. The van der Waals surface area contributed by atoms with Gasteiger partial charge >= 0.3 is 28.4 Å². The standard InChI is InChI=1S/C25H25.C13H19.C6H5.CH3.CH2.2ClH.Zr/c1-14-12-24(3,4)22-8-16-7-17-9-23-19(15(2)13-25(23,5)6)11-21(17)20(16)10-18(14)22;1-11-6-7-12(10-11)13(2)8-4-3-5-9-13;1-2-4-6-5-3-1;;;;;/h8-12H,7H2,1-6H3;7,10-11H,3-5,8-9H2,1-2H3;1-5H;1H3;1H2;2*1H;/q4*-1;;;;. The van der Waals surface area contributed by atoms with Crippen LogP contribution in [-0.4, -0.2) is 4.21 Å². The fraction of sp³-hybridized carbons (Fsp3) is 0.391. The summed E-state index contributed by atoms with van der Waals surface area (Å²) in [7, 11) is 0. The van der Waals surface area contributed by atoms with Crippen LogP contribution < -0.4 is 0 Å². The number of hydrogen-bond acceptors (Lipinski definition) is 0. The first-order chi connectivity index (χ1) is 21.9. The third kappa shape index (κ3) is 9.07. The van der Waals surface area contributed by atoms with E-state index in [1.807, 2.05) is 30.3 Å². The van der Waals surface area contributed by atoms with Gasteiger partial charge in [0.2, 0.25) is 0 Å². The molecule has 0 aromatic heterocycles. The summed E-state index contributed by atoms with van der Waals surface area (Å²) in [5, 5.41) is 0. The van der Waals surface area contributed by atoms with Crippen LogP contribution in [0.3, 0.4) is 0 Å². The number of hydrogen-bond donors (Lipinski definition) is 0. The zero-order valence-electron chi connectivity index (χ0n) is 31.3. The van der Waals surface area contributed by atoms with Crippen LogP contribution in [0.25, 0.3) is 22.3 Å². The van der Waals surface area contributed by atoms with Crippen molar-refractivity contribution in [3.63, 3.8) is 0 Å². The molecular formula is C46H56Cl2Zr-4. The zero-order chi connectivity index (χ0) is 33.3. The maximum atomic E-state index is 3.65. The van der Waals surface area contributed by atoms with Gasteiger partial charge in [0, 0.05) is 5.41 Å². The van der Waals surface area contributed by atoms with Crippen LogP contribution in [0.15, 0.2) is 78.4 Å². The van der Waals surface area contributed by atoms with E-state index in [-0.39, 0.29) is 43.1 Å². The molecule has 0 heterocycles. The van der Waals surface area contributed by atoms with Gasteiger partial charge in [0.05, 0.1) is 0 Å². The first-order valence-electron chi connectivity index (χ1n) is 17.1. The molecule has 49 heavy (non-hydrogen) atoms. The van der Waals surface area contributed by atoms with E-state index >= 15 is 0 Å². The average molecular weight is 771 g/mol. The van der Waals surface area contributed by atoms with E-state index in [0.29, 0.717) is 11.3 Å². The van der Waals surface area contributed by atoms with Crippen molar-refractivity contribution in [3.8, 4) is 11.1 Å². The predicted molar refractivity (Wildman–Crippen MR) is 216 cm³/mol. The smallest absolute Gasteiger partial charge is 0.171 e. The first kappa shape index (κ1) is 43.1. The summed E-state index contributed by atoms with van der Waals surface area (Å²) in [6.45, 7) is 18.3. The minimum absolute atomic E-state index is 0. The summed E-state index contributed by atoms with van der Waals surface area (Å²) in [4.78, 5) is 0. The van der Waals surface area contributed by atoms with Crippen LogP contribution in [0.2, 0.25) is 0 Å². The Hall–Kier alpha value is -2.05.